The highest BCUT2D eigenvalue weighted by atomic mass is 32.1. The zero-order valence-corrected chi connectivity index (χ0v) is 22.9. The fourth-order valence-corrected chi connectivity index (χ4v) is 4.10. The summed E-state index contributed by atoms with van der Waals surface area (Å²) in [5.74, 6) is -2.31. The van der Waals surface area contributed by atoms with Crippen LogP contribution in [0.3, 0.4) is 0 Å². The SMILES string of the molecule is Cc1nc(C(=O)NC(CC(=O)NOC(C)(C)C)C(=O)NC(C)C(=O)NCc2cccc3ccccc23)cs1. The largest absolute Gasteiger partial charge is 0.350 e. The first-order valence-corrected chi connectivity index (χ1v) is 13.1. The first kappa shape index (κ1) is 28.7. The van der Waals surface area contributed by atoms with Crippen molar-refractivity contribution in [2.75, 3.05) is 0 Å². The van der Waals surface area contributed by atoms with Crippen LogP contribution in [0.5, 0.6) is 0 Å². The number of carbonyl (C=O) groups is 4. The Morgan fingerprint density at radius 3 is 2.39 bits per heavy atom. The Labute approximate surface area is 225 Å². The molecule has 2 aromatic carbocycles. The molecule has 10 nitrogen and oxygen atoms in total. The van der Waals surface area contributed by atoms with E-state index in [1.807, 2.05) is 42.5 Å². The maximum absolute atomic E-state index is 13.1. The molecule has 38 heavy (non-hydrogen) atoms. The molecule has 0 radical (unpaired) electrons. The van der Waals surface area contributed by atoms with Gasteiger partial charge in [-0.15, -0.1) is 11.3 Å². The maximum Gasteiger partial charge on any atom is 0.271 e. The Balaban J connectivity index is 1.64. The van der Waals surface area contributed by atoms with E-state index in [9.17, 15) is 19.2 Å². The number of amides is 4. The lowest BCUT2D eigenvalue weighted by molar-refractivity contribution is -0.147. The van der Waals surface area contributed by atoms with Gasteiger partial charge in [0.25, 0.3) is 5.91 Å². The van der Waals surface area contributed by atoms with E-state index < -0.39 is 47.7 Å². The Morgan fingerprint density at radius 2 is 1.71 bits per heavy atom. The number of fused-ring (bicyclic) bond motifs is 1. The second-order valence-electron chi connectivity index (χ2n) is 9.81. The molecule has 0 aliphatic carbocycles. The van der Waals surface area contributed by atoms with Crippen molar-refractivity contribution in [3.8, 4) is 0 Å². The van der Waals surface area contributed by atoms with Crippen LogP contribution >= 0.6 is 11.3 Å². The molecule has 2 atom stereocenters. The van der Waals surface area contributed by atoms with Crippen LogP contribution in [0.25, 0.3) is 10.8 Å². The highest BCUT2D eigenvalue weighted by Crippen LogP contribution is 2.18. The molecule has 0 saturated heterocycles. The standard InChI is InChI=1S/C27H33N5O5S/c1-16(24(34)28-14-19-11-8-10-18-9-6-7-12-20(18)19)29-25(35)21(13-23(33)32-37-27(3,4)5)31-26(36)22-15-38-17(2)30-22/h6-12,15-16,21H,13-14H2,1-5H3,(H,28,34)(H,29,35)(H,31,36)(H,32,33). The van der Waals surface area contributed by atoms with E-state index in [0.29, 0.717) is 5.01 Å². The lowest BCUT2D eigenvalue weighted by Gasteiger charge is -2.22. The van der Waals surface area contributed by atoms with E-state index in [2.05, 4.69) is 26.4 Å². The molecular formula is C27H33N5O5S. The predicted molar refractivity (Wildman–Crippen MR) is 145 cm³/mol. The number of aromatic nitrogens is 1. The smallest absolute Gasteiger partial charge is 0.271 e. The lowest BCUT2D eigenvalue weighted by Crippen LogP contribution is -2.54. The van der Waals surface area contributed by atoms with E-state index in [4.69, 9.17) is 4.84 Å². The zero-order chi connectivity index (χ0) is 27.9. The van der Waals surface area contributed by atoms with Crippen molar-refractivity contribution in [2.24, 2.45) is 0 Å². The minimum Gasteiger partial charge on any atom is -0.350 e. The van der Waals surface area contributed by atoms with Crippen LogP contribution in [0.4, 0.5) is 0 Å². The summed E-state index contributed by atoms with van der Waals surface area (Å²) in [7, 11) is 0. The Hall–Kier alpha value is -3.83. The molecule has 202 valence electrons. The van der Waals surface area contributed by atoms with Crippen LogP contribution in [0, 0.1) is 6.92 Å². The summed E-state index contributed by atoms with van der Waals surface area (Å²) in [6.07, 6.45) is -0.402. The quantitative estimate of drug-likeness (QED) is 0.292. The van der Waals surface area contributed by atoms with Crippen molar-refractivity contribution < 1.29 is 24.0 Å². The number of hydrogen-bond acceptors (Lipinski definition) is 7. The molecule has 0 aliphatic heterocycles. The molecule has 0 fully saturated rings. The number of nitrogens with one attached hydrogen (secondary N) is 4. The van der Waals surface area contributed by atoms with Crippen LogP contribution in [0.1, 0.15) is 55.2 Å². The Bertz CT molecular complexity index is 1310. The van der Waals surface area contributed by atoms with Crippen LogP contribution in [-0.4, -0.2) is 46.3 Å². The number of aryl methyl sites for hydroxylation is 1. The van der Waals surface area contributed by atoms with Gasteiger partial charge in [0.1, 0.15) is 17.8 Å². The van der Waals surface area contributed by atoms with Crippen molar-refractivity contribution in [1.82, 2.24) is 26.4 Å². The minimum absolute atomic E-state index is 0.137. The predicted octanol–water partition coefficient (Wildman–Crippen LogP) is 2.76. The van der Waals surface area contributed by atoms with Crippen molar-refractivity contribution in [1.29, 1.82) is 0 Å². The number of carbonyl (C=O) groups excluding carboxylic acids is 4. The van der Waals surface area contributed by atoms with Crippen molar-refractivity contribution >= 4 is 45.7 Å². The molecule has 4 amide bonds. The first-order chi connectivity index (χ1) is 17.9. The third-order valence-corrected chi connectivity index (χ3v) is 6.19. The minimum atomic E-state index is -1.26. The molecule has 3 rings (SSSR count). The molecule has 11 heteroatoms. The van der Waals surface area contributed by atoms with Gasteiger partial charge >= 0.3 is 0 Å². The van der Waals surface area contributed by atoms with Crippen molar-refractivity contribution in [3.05, 3.63) is 64.1 Å². The summed E-state index contributed by atoms with van der Waals surface area (Å²) >= 11 is 1.29. The van der Waals surface area contributed by atoms with Gasteiger partial charge in [-0.25, -0.2) is 10.5 Å². The van der Waals surface area contributed by atoms with Crippen LogP contribution in [0.2, 0.25) is 0 Å². The van der Waals surface area contributed by atoms with Gasteiger partial charge in [-0.3, -0.25) is 24.0 Å². The molecule has 3 aromatic rings. The van der Waals surface area contributed by atoms with Gasteiger partial charge in [0.15, 0.2) is 0 Å². The third-order valence-electron chi connectivity index (χ3n) is 5.42. The summed E-state index contributed by atoms with van der Waals surface area (Å²) in [5.41, 5.74) is 2.72. The molecule has 1 aromatic heterocycles. The van der Waals surface area contributed by atoms with E-state index in [1.165, 1.54) is 18.3 Å². The van der Waals surface area contributed by atoms with Gasteiger partial charge in [0.2, 0.25) is 17.7 Å². The summed E-state index contributed by atoms with van der Waals surface area (Å²) in [4.78, 5) is 60.4. The van der Waals surface area contributed by atoms with Crippen molar-refractivity contribution in [3.63, 3.8) is 0 Å². The fourth-order valence-electron chi connectivity index (χ4n) is 3.51. The monoisotopic (exact) mass is 539 g/mol. The fraction of sp³-hybridized carbons (Fsp3) is 0.370. The average molecular weight is 540 g/mol. The first-order valence-electron chi connectivity index (χ1n) is 12.2. The topological polar surface area (TPSA) is 139 Å². The molecule has 0 saturated carbocycles. The Morgan fingerprint density at radius 1 is 1.00 bits per heavy atom. The summed E-state index contributed by atoms with van der Waals surface area (Å²) < 4.78 is 0. The molecule has 0 spiro atoms. The van der Waals surface area contributed by atoms with Crippen LogP contribution < -0.4 is 21.4 Å². The number of rotatable bonds is 10. The number of thiazole rings is 1. The van der Waals surface area contributed by atoms with Gasteiger partial charge in [0, 0.05) is 11.9 Å². The maximum atomic E-state index is 13.1. The Kier molecular flexibility index (Phi) is 9.54. The van der Waals surface area contributed by atoms with Crippen molar-refractivity contribution in [2.45, 2.75) is 65.3 Å². The van der Waals surface area contributed by atoms with E-state index in [-0.39, 0.29) is 12.2 Å². The van der Waals surface area contributed by atoms with Gasteiger partial charge in [-0.2, -0.15) is 0 Å². The summed E-state index contributed by atoms with van der Waals surface area (Å²) in [6, 6.07) is 11.5. The second-order valence-corrected chi connectivity index (χ2v) is 10.9. The third kappa shape index (κ3) is 8.35. The number of nitrogens with zero attached hydrogens (tertiary/aromatic N) is 1. The van der Waals surface area contributed by atoms with E-state index in [1.54, 1.807) is 33.1 Å². The molecule has 4 N–H and O–H groups in total. The van der Waals surface area contributed by atoms with Gasteiger partial charge in [0.05, 0.1) is 17.0 Å². The lowest BCUT2D eigenvalue weighted by atomic mass is 10.0. The van der Waals surface area contributed by atoms with E-state index >= 15 is 0 Å². The van der Waals surface area contributed by atoms with E-state index in [0.717, 1.165) is 16.3 Å². The average Bonchev–Trinajstić information content (AvgIpc) is 3.31. The van der Waals surface area contributed by atoms with Crippen LogP contribution in [-0.2, 0) is 25.8 Å². The molecule has 0 aliphatic rings. The molecule has 1 heterocycles. The second kappa shape index (κ2) is 12.6. The molecular weight excluding hydrogens is 506 g/mol. The van der Waals surface area contributed by atoms with Crippen LogP contribution in [0.15, 0.2) is 47.8 Å². The number of hydroxylamine groups is 1. The highest BCUT2D eigenvalue weighted by Gasteiger charge is 2.28. The zero-order valence-electron chi connectivity index (χ0n) is 22.1. The van der Waals surface area contributed by atoms with Gasteiger partial charge in [-0.1, -0.05) is 42.5 Å². The molecule has 0 bridgehead atoms. The van der Waals surface area contributed by atoms with Gasteiger partial charge < -0.3 is 16.0 Å². The normalized spacial score (nSPS) is 12.9. The highest BCUT2D eigenvalue weighted by molar-refractivity contribution is 7.09. The summed E-state index contributed by atoms with van der Waals surface area (Å²) in [5, 5.41) is 12.3. The number of hydrogen-bond donors (Lipinski definition) is 4. The molecule has 2 unspecified atom stereocenters. The van der Waals surface area contributed by atoms with Gasteiger partial charge in [-0.05, 0) is 51.0 Å². The number of benzene rings is 2. The summed E-state index contributed by atoms with van der Waals surface area (Å²) in [6.45, 7) is 8.81.